The summed E-state index contributed by atoms with van der Waals surface area (Å²) in [4.78, 5) is 14.2. The summed E-state index contributed by atoms with van der Waals surface area (Å²) in [5.41, 5.74) is 0. The van der Waals surface area contributed by atoms with Gasteiger partial charge in [0.05, 0.1) is 0 Å². The Morgan fingerprint density at radius 1 is 1.12 bits per heavy atom. The van der Waals surface area contributed by atoms with Crippen LogP contribution in [0.15, 0.2) is 0 Å². The van der Waals surface area contributed by atoms with E-state index in [0.717, 1.165) is 17.8 Å². The quantitative estimate of drug-likeness (QED) is 0.710. The van der Waals surface area contributed by atoms with Gasteiger partial charge in [-0.2, -0.15) is 0 Å². The average molecular weight is 288 g/mol. The van der Waals surface area contributed by atoms with Crippen molar-refractivity contribution in [2.75, 3.05) is 11.9 Å². The Morgan fingerprint density at radius 3 is 2.38 bits per heavy atom. The minimum atomic E-state index is 0.366. The predicted octanol–water partition coefficient (Wildman–Crippen LogP) is 3.34. The van der Waals surface area contributed by atoms with E-state index in [1.54, 1.807) is 0 Å². The molecule has 0 spiro atoms. The molecular weight excluding hydrogens is 266 g/mol. The Balaban J connectivity index is 1.83. The van der Waals surface area contributed by atoms with Gasteiger partial charge in [-0.1, -0.05) is 35.2 Å². The molecule has 0 N–H and O–H groups in total. The maximum Gasteiger partial charge on any atom is 0.223 e. The van der Waals surface area contributed by atoms with Crippen LogP contribution < -0.4 is 0 Å². The van der Waals surface area contributed by atoms with Gasteiger partial charge >= 0.3 is 0 Å². The minimum Gasteiger partial charge on any atom is -0.339 e. The van der Waals surface area contributed by atoms with Gasteiger partial charge in [-0.15, -0.1) is 0 Å². The highest BCUT2D eigenvalue weighted by molar-refractivity contribution is 9.09. The molecule has 92 valence electrons. The third-order valence-electron chi connectivity index (χ3n) is 3.80. The Kier molecular flexibility index (Phi) is 4.68. The van der Waals surface area contributed by atoms with Crippen LogP contribution in [0.4, 0.5) is 0 Å². The lowest BCUT2D eigenvalue weighted by molar-refractivity contribution is -0.132. The molecule has 0 aromatic rings. The molecule has 0 aromatic carbocycles. The molecule has 16 heavy (non-hydrogen) atoms. The fraction of sp³-hybridized carbons (Fsp3) is 0.923. The Bertz CT molecular complexity index is 234. The Hall–Kier alpha value is -0.0500. The molecule has 0 aromatic heterocycles. The van der Waals surface area contributed by atoms with Crippen molar-refractivity contribution in [1.29, 1.82) is 0 Å². The van der Waals surface area contributed by atoms with Crippen molar-refractivity contribution in [3.8, 4) is 0 Å². The number of rotatable bonds is 5. The highest BCUT2D eigenvalue weighted by atomic mass is 79.9. The molecule has 2 aliphatic carbocycles. The minimum absolute atomic E-state index is 0.366. The van der Waals surface area contributed by atoms with E-state index >= 15 is 0 Å². The van der Waals surface area contributed by atoms with E-state index < -0.39 is 0 Å². The van der Waals surface area contributed by atoms with E-state index in [1.807, 2.05) is 0 Å². The van der Waals surface area contributed by atoms with Gasteiger partial charge in [-0.25, -0.2) is 0 Å². The molecule has 0 aliphatic heterocycles. The molecule has 2 aliphatic rings. The fourth-order valence-electron chi connectivity index (χ4n) is 2.71. The van der Waals surface area contributed by atoms with E-state index in [0.29, 0.717) is 18.4 Å². The van der Waals surface area contributed by atoms with Gasteiger partial charge in [-0.3, -0.25) is 4.79 Å². The summed E-state index contributed by atoms with van der Waals surface area (Å²) in [7, 11) is 0. The van der Waals surface area contributed by atoms with Gasteiger partial charge in [0.25, 0.3) is 0 Å². The number of alkyl halides is 1. The van der Waals surface area contributed by atoms with Crippen LogP contribution in [0.5, 0.6) is 0 Å². The van der Waals surface area contributed by atoms with Crippen LogP contribution in [0.1, 0.15) is 51.4 Å². The lowest BCUT2D eigenvalue weighted by Crippen LogP contribution is -2.37. The molecule has 0 bridgehead atoms. The van der Waals surface area contributed by atoms with Crippen LogP contribution in [0.25, 0.3) is 0 Å². The summed E-state index contributed by atoms with van der Waals surface area (Å²) in [6.45, 7) is 1.04. The van der Waals surface area contributed by atoms with Crippen LogP contribution in [0.2, 0.25) is 0 Å². The molecule has 2 rings (SSSR count). The molecule has 2 saturated carbocycles. The second-order valence-electron chi connectivity index (χ2n) is 5.22. The van der Waals surface area contributed by atoms with Crippen molar-refractivity contribution < 1.29 is 4.79 Å². The molecule has 0 unspecified atom stereocenters. The molecule has 3 heteroatoms. The SMILES string of the molecule is O=C(CCBr)N(CC1CCCCC1)C1CC1. The maximum atomic E-state index is 12.0. The zero-order valence-corrected chi connectivity index (χ0v) is 11.5. The first-order chi connectivity index (χ1) is 7.81. The van der Waals surface area contributed by atoms with Gasteiger partial charge < -0.3 is 4.90 Å². The van der Waals surface area contributed by atoms with Crippen molar-refractivity contribution in [3.63, 3.8) is 0 Å². The van der Waals surface area contributed by atoms with Crippen LogP contribution in [-0.2, 0) is 4.79 Å². The number of hydrogen-bond donors (Lipinski definition) is 0. The summed E-state index contributed by atoms with van der Waals surface area (Å²) in [6.07, 6.45) is 9.96. The lowest BCUT2D eigenvalue weighted by Gasteiger charge is -2.30. The van der Waals surface area contributed by atoms with Crippen LogP contribution in [0, 0.1) is 5.92 Å². The first-order valence-electron chi connectivity index (χ1n) is 6.66. The third kappa shape index (κ3) is 3.47. The maximum absolute atomic E-state index is 12.0. The van der Waals surface area contributed by atoms with Crippen molar-refractivity contribution >= 4 is 21.8 Å². The van der Waals surface area contributed by atoms with E-state index in [9.17, 15) is 4.79 Å². The van der Waals surface area contributed by atoms with Crippen molar-refractivity contribution in [1.82, 2.24) is 4.90 Å². The van der Waals surface area contributed by atoms with Crippen molar-refractivity contribution in [2.24, 2.45) is 5.92 Å². The summed E-state index contributed by atoms with van der Waals surface area (Å²) in [6, 6.07) is 0.591. The van der Waals surface area contributed by atoms with Crippen LogP contribution >= 0.6 is 15.9 Å². The van der Waals surface area contributed by atoms with E-state index in [4.69, 9.17) is 0 Å². The molecule has 0 heterocycles. The topological polar surface area (TPSA) is 20.3 Å². The monoisotopic (exact) mass is 287 g/mol. The smallest absolute Gasteiger partial charge is 0.223 e. The Morgan fingerprint density at radius 2 is 1.81 bits per heavy atom. The zero-order chi connectivity index (χ0) is 11.4. The normalized spacial score (nSPS) is 22.1. The second-order valence-corrected chi connectivity index (χ2v) is 6.01. The number of halogens is 1. The first kappa shape index (κ1) is 12.4. The molecule has 0 atom stereocenters. The summed E-state index contributed by atoms with van der Waals surface area (Å²) in [5, 5.41) is 0.805. The molecule has 1 amide bonds. The van der Waals surface area contributed by atoms with Crippen LogP contribution in [-0.4, -0.2) is 28.7 Å². The van der Waals surface area contributed by atoms with E-state index in [-0.39, 0.29) is 0 Å². The van der Waals surface area contributed by atoms with Gasteiger partial charge in [0.1, 0.15) is 0 Å². The van der Waals surface area contributed by atoms with E-state index in [1.165, 1.54) is 44.9 Å². The van der Waals surface area contributed by atoms with Crippen molar-refractivity contribution in [2.45, 2.75) is 57.4 Å². The highest BCUT2D eigenvalue weighted by Gasteiger charge is 2.33. The number of amides is 1. The van der Waals surface area contributed by atoms with Gasteiger partial charge in [0.15, 0.2) is 0 Å². The standard InChI is InChI=1S/C13H22BrNO/c14-9-8-13(16)15(12-6-7-12)10-11-4-2-1-3-5-11/h11-12H,1-10H2. The first-order valence-corrected chi connectivity index (χ1v) is 7.79. The van der Waals surface area contributed by atoms with Gasteiger partial charge in [0.2, 0.25) is 5.91 Å². The molecule has 0 saturated heterocycles. The lowest BCUT2D eigenvalue weighted by atomic mass is 9.89. The van der Waals surface area contributed by atoms with Crippen molar-refractivity contribution in [3.05, 3.63) is 0 Å². The highest BCUT2D eigenvalue weighted by Crippen LogP contribution is 2.31. The largest absolute Gasteiger partial charge is 0.339 e. The summed E-state index contributed by atoms with van der Waals surface area (Å²) >= 11 is 3.37. The summed E-state index contributed by atoms with van der Waals surface area (Å²) in [5.74, 6) is 1.15. The van der Waals surface area contributed by atoms with Gasteiger partial charge in [0, 0.05) is 24.3 Å². The molecule has 2 nitrogen and oxygen atoms in total. The number of hydrogen-bond acceptors (Lipinski definition) is 1. The average Bonchev–Trinajstić information content (AvgIpc) is 3.11. The Labute approximate surface area is 107 Å². The number of nitrogens with zero attached hydrogens (tertiary/aromatic N) is 1. The molecule has 2 fully saturated rings. The fourth-order valence-corrected chi connectivity index (χ4v) is 3.05. The molecule has 0 radical (unpaired) electrons. The number of carbonyl (C=O) groups is 1. The van der Waals surface area contributed by atoms with Crippen LogP contribution in [0.3, 0.4) is 0 Å². The van der Waals surface area contributed by atoms with E-state index in [2.05, 4.69) is 20.8 Å². The summed E-state index contributed by atoms with van der Waals surface area (Å²) < 4.78 is 0. The zero-order valence-electron chi connectivity index (χ0n) is 9.96. The molecular formula is C13H22BrNO. The van der Waals surface area contributed by atoms with Gasteiger partial charge in [-0.05, 0) is 31.6 Å². The third-order valence-corrected chi connectivity index (χ3v) is 4.19. The predicted molar refractivity (Wildman–Crippen MR) is 69.7 cm³/mol. The second kappa shape index (κ2) is 6.04. The number of carbonyl (C=O) groups excluding carboxylic acids is 1.